The number of benzene rings is 2. The highest BCUT2D eigenvalue weighted by molar-refractivity contribution is 7.87. The lowest BCUT2D eigenvalue weighted by Crippen LogP contribution is -2.39. The Balaban J connectivity index is 1.58. The van der Waals surface area contributed by atoms with Crippen LogP contribution in [-0.2, 0) is 21.5 Å². The van der Waals surface area contributed by atoms with E-state index in [1.807, 2.05) is 50.2 Å². The predicted molar refractivity (Wildman–Crippen MR) is 190 cm³/mol. The number of amides is 1. The Kier molecular flexibility index (Phi) is 9.19. The molecule has 48 heavy (non-hydrogen) atoms. The molecule has 0 radical (unpaired) electrons. The Morgan fingerprint density at radius 2 is 1.88 bits per heavy atom. The molecule has 1 fully saturated rings. The van der Waals surface area contributed by atoms with E-state index < -0.39 is 21.5 Å². The Labute approximate surface area is 282 Å². The van der Waals surface area contributed by atoms with Gasteiger partial charge in [-0.3, -0.25) is 9.78 Å². The fourth-order valence-corrected chi connectivity index (χ4v) is 7.30. The maximum atomic E-state index is 13.3. The number of rotatable bonds is 10. The van der Waals surface area contributed by atoms with Crippen LogP contribution in [0.5, 0.6) is 5.75 Å². The molecule has 1 saturated carbocycles. The van der Waals surface area contributed by atoms with Crippen molar-refractivity contribution >= 4 is 50.6 Å². The third kappa shape index (κ3) is 6.49. The molecule has 10 nitrogen and oxygen atoms in total. The van der Waals surface area contributed by atoms with Crippen molar-refractivity contribution in [2.75, 3.05) is 33.1 Å². The summed E-state index contributed by atoms with van der Waals surface area (Å²) in [5.74, 6) is 0.380. The molecule has 2 aliphatic rings. The smallest absolute Gasteiger partial charge is 0.303 e. The van der Waals surface area contributed by atoms with Crippen LogP contribution < -0.4 is 14.8 Å². The summed E-state index contributed by atoms with van der Waals surface area (Å²) in [4.78, 5) is 29.9. The van der Waals surface area contributed by atoms with Gasteiger partial charge in [-0.2, -0.15) is 12.7 Å². The summed E-state index contributed by atoms with van der Waals surface area (Å²) in [6.45, 7) is 4.65. The van der Waals surface area contributed by atoms with Gasteiger partial charge in [0.15, 0.2) is 0 Å². The highest BCUT2D eigenvalue weighted by Crippen LogP contribution is 2.48. The topological polar surface area (TPSA) is 123 Å². The van der Waals surface area contributed by atoms with Crippen LogP contribution in [0.25, 0.3) is 33.8 Å². The van der Waals surface area contributed by atoms with Crippen LogP contribution in [0.3, 0.4) is 0 Å². The van der Waals surface area contributed by atoms with Gasteiger partial charge >= 0.3 is 10.2 Å². The van der Waals surface area contributed by atoms with Crippen molar-refractivity contribution in [3.63, 3.8) is 0 Å². The molecule has 1 amide bonds. The van der Waals surface area contributed by atoms with Gasteiger partial charge in [0.1, 0.15) is 12.0 Å². The van der Waals surface area contributed by atoms with Gasteiger partial charge in [-0.15, -0.1) is 0 Å². The van der Waals surface area contributed by atoms with E-state index in [2.05, 4.69) is 26.7 Å². The third-order valence-electron chi connectivity index (χ3n) is 9.42. The minimum Gasteiger partial charge on any atom is -0.497 e. The first-order valence-electron chi connectivity index (χ1n) is 16.4. The zero-order valence-corrected chi connectivity index (χ0v) is 29.0. The molecule has 0 bridgehead atoms. The summed E-state index contributed by atoms with van der Waals surface area (Å²) in [7, 11) is 0.436. The van der Waals surface area contributed by atoms with E-state index in [4.69, 9.17) is 9.72 Å². The molecule has 4 aromatic rings. The molecule has 252 valence electrons. The first-order chi connectivity index (χ1) is 22.9. The normalized spacial score (nSPS) is 15.3. The van der Waals surface area contributed by atoms with Gasteiger partial charge in [-0.05, 0) is 78.4 Å². The van der Waals surface area contributed by atoms with Gasteiger partial charge in [-0.25, -0.2) is 4.72 Å². The first-order valence-corrected chi connectivity index (χ1v) is 17.8. The van der Waals surface area contributed by atoms with E-state index in [1.165, 1.54) is 26.1 Å². The zero-order valence-electron chi connectivity index (χ0n) is 28.2. The van der Waals surface area contributed by atoms with E-state index in [-0.39, 0.29) is 5.56 Å². The summed E-state index contributed by atoms with van der Waals surface area (Å²) in [6, 6.07) is 15.5. The number of carbonyl (C=O) groups excluding carboxylic acids is 2. The van der Waals surface area contributed by atoms with Gasteiger partial charge in [0.25, 0.3) is 5.91 Å². The number of aldehydes is 1. The molecule has 0 saturated heterocycles. The minimum absolute atomic E-state index is 0.254. The highest BCUT2D eigenvalue weighted by atomic mass is 32.2. The minimum atomic E-state index is -3.98. The molecule has 11 heteroatoms. The van der Waals surface area contributed by atoms with E-state index in [1.54, 1.807) is 19.4 Å². The lowest BCUT2D eigenvalue weighted by molar-refractivity contribution is -0.114. The number of carbonyl (C=O) groups is 2. The lowest BCUT2D eigenvalue weighted by atomic mass is 9.81. The quantitative estimate of drug-likeness (QED) is 0.185. The summed E-state index contributed by atoms with van der Waals surface area (Å²) < 4.78 is 36.2. The number of pyridine rings is 1. The molecule has 6 rings (SSSR count). The summed E-state index contributed by atoms with van der Waals surface area (Å²) in [6.07, 6.45) is 10.5. The van der Waals surface area contributed by atoms with Crippen LogP contribution in [0.1, 0.15) is 79.0 Å². The average Bonchev–Trinajstić information content (AvgIpc) is 3.29. The fourth-order valence-electron chi connectivity index (χ4n) is 6.76. The number of allylic oxidation sites excluding steroid dienone is 1. The van der Waals surface area contributed by atoms with Gasteiger partial charge in [0, 0.05) is 59.9 Å². The van der Waals surface area contributed by atoms with Gasteiger partial charge in [0.2, 0.25) is 0 Å². The van der Waals surface area contributed by atoms with Gasteiger partial charge < -0.3 is 19.4 Å². The maximum Gasteiger partial charge on any atom is 0.303 e. The monoisotopic (exact) mass is 669 g/mol. The molecule has 2 N–H and O–H groups in total. The van der Waals surface area contributed by atoms with Crippen molar-refractivity contribution < 1.29 is 22.7 Å². The van der Waals surface area contributed by atoms with E-state index >= 15 is 0 Å². The molecule has 1 aliphatic carbocycles. The second-order valence-electron chi connectivity index (χ2n) is 13.6. The van der Waals surface area contributed by atoms with Gasteiger partial charge in [0.05, 0.1) is 30.7 Å². The number of aromatic nitrogens is 2. The predicted octanol–water partition coefficient (Wildman–Crippen LogP) is 6.49. The van der Waals surface area contributed by atoms with Crippen LogP contribution in [0.4, 0.5) is 5.69 Å². The van der Waals surface area contributed by atoms with Crippen LogP contribution in [-0.4, -0.2) is 62.2 Å². The van der Waals surface area contributed by atoms with Gasteiger partial charge in [-0.1, -0.05) is 39.2 Å². The fraction of sp³-hybridized carbons (Fsp3) is 0.378. The van der Waals surface area contributed by atoms with Crippen molar-refractivity contribution in [3.8, 4) is 17.0 Å². The van der Waals surface area contributed by atoms with Crippen LogP contribution in [0, 0.1) is 5.41 Å². The number of fused-ring (bicyclic) bond motifs is 5. The first kappa shape index (κ1) is 33.4. The van der Waals surface area contributed by atoms with Crippen LogP contribution in [0.15, 0.2) is 54.7 Å². The molecule has 3 heterocycles. The number of ether oxygens (including phenoxy) is 1. The van der Waals surface area contributed by atoms with Crippen molar-refractivity contribution in [2.24, 2.45) is 5.41 Å². The van der Waals surface area contributed by atoms with Crippen LogP contribution >= 0.6 is 0 Å². The SMILES string of the molecule is COc1ccc2c(c1)C=C(c1ncccc1NCC(C)(C)C=O)Cn1c-2c(C2CCCCC2)c2ccc(C(=O)NS(=O)(=O)N(C)C)cc21. The Morgan fingerprint density at radius 1 is 1.10 bits per heavy atom. The van der Waals surface area contributed by atoms with E-state index in [0.29, 0.717) is 19.0 Å². The van der Waals surface area contributed by atoms with E-state index in [9.17, 15) is 18.0 Å². The third-order valence-corrected chi connectivity index (χ3v) is 10.8. The van der Waals surface area contributed by atoms with Crippen molar-refractivity contribution in [1.82, 2.24) is 18.6 Å². The Hall–Kier alpha value is -4.48. The molecule has 1 aliphatic heterocycles. The molecule has 0 unspecified atom stereocenters. The lowest BCUT2D eigenvalue weighted by Gasteiger charge is -2.24. The number of hydrogen-bond donors (Lipinski definition) is 2. The van der Waals surface area contributed by atoms with Crippen molar-refractivity contribution in [2.45, 2.75) is 58.4 Å². The summed E-state index contributed by atoms with van der Waals surface area (Å²) in [5.41, 5.74) is 7.43. The standard InChI is InChI=1S/C37H43N5O5S/c1-37(2,23-43)22-39-31-12-9-17-38-34(31)27-18-26-19-28(47-5)14-16-29(26)35-33(24-10-7-6-8-11-24)30-15-13-25(20-32(30)42(35)21-27)36(44)40-48(45,46)41(3)4/h9,12-20,23-24,39H,6-8,10-11,21-22H2,1-5H3,(H,40,44). The molecular formula is C37H43N5O5S. The average molecular weight is 670 g/mol. The number of nitrogens with zero attached hydrogens (tertiary/aromatic N) is 3. The zero-order chi connectivity index (χ0) is 34.2. The Bertz CT molecular complexity index is 2020. The maximum absolute atomic E-state index is 13.3. The second kappa shape index (κ2) is 13.2. The number of nitrogens with one attached hydrogen (secondary N) is 2. The van der Waals surface area contributed by atoms with Crippen molar-refractivity contribution in [3.05, 3.63) is 77.1 Å². The summed E-state index contributed by atoms with van der Waals surface area (Å²) in [5, 5.41) is 4.51. The second-order valence-corrected chi connectivity index (χ2v) is 15.5. The molecule has 0 spiro atoms. The molecule has 2 aromatic heterocycles. The molecular weight excluding hydrogens is 627 g/mol. The Morgan fingerprint density at radius 3 is 2.58 bits per heavy atom. The van der Waals surface area contributed by atoms with Crippen molar-refractivity contribution in [1.29, 1.82) is 0 Å². The molecule has 0 atom stereocenters. The number of methoxy groups -OCH3 is 1. The highest BCUT2D eigenvalue weighted by Gasteiger charge is 2.31. The van der Waals surface area contributed by atoms with Crippen LogP contribution in [0.2, 0.25) is 0 Å². The largest absolute Gasteiger partial charge is 0.497 e. The molecule has 2 aromatic carbocycles. The number of hydrogen-bond acceptors (Lipinski definition) is 7. The van der Waals surface area contributed by atoms with E-state index in [0.717, 1.165) is 86.7 Å². The number of anilines is 1. The summed E-state index contributed by atoms with van der Waals surface area (Å²) >= 11 is 0.